The van der Waals surface area contributed by atoms with Gasteiger partial charge in [-0.25, -0.2) is 13.2 Å². The van der Waals surface area contributed by atoms with Crippen LogP contribution in [0.15, 0.2) is 0 Å². The van der Waals surface area contributed by atoms with E-state index in [1.165, 1.54) is 0 Å². The third-order valence-electron chi connectivity index (χ3n) is 2.95. The number of carboxylic acid groups (broad SMARTS) is 1. The predicted octanol–water partition coefficient (Wildman–Crippen LogP) is -2.14. The number of nitrogens with one attached hydrogen (secondary N) is 1. The maximum Gasteiger partial charge on any atom is 0.326 e. The van der Waals surface area contributed by atoms with Crippen molar-refractivity contribution in [3.05, 3.63) is 0 Å². The number of hydrogen-bond acceptors (Lipinski definition) is 5. The zero-order valence-corrected chi connectivity index (χ0v) is 11.7. The molecule has 2 amide bonds. The van der Waals surface area contributed by atoms with Gasteiger partial charge < -0.3 is 16.2 Å². The lowest BCUT2D eigenvalue weighted by atomic mass is 10.1. The van der Waals surface area contributed by atoms with Crippen LogP contribution in [0.2, 0.25) is 0 Å². The third kappa shape index (κ3) is 4.17. The van der Waals surface area contributed by atoms with E-state index in [1.54, 1.807) is 0 Å². The quantitative estimate of drug-likeness (QED) is 0.510. The van der Waals surface area contributed by atoms with Gasteiger partial charge in [0.25, 0.3) is 0 Å². The Morgan fingerprint density at radius 2 is 2.05 bits per heavy atom. The van der Waals surface area contributed by atoms with Crippen LogP contribution in [-0.2, 0) is 24.4 Å². The number of carboxylic acids is 1. The average molecular weight is 307 g/mol. The molecule has 1 saturated heterocycles. The molecule has 1 unspecified atom stereocenters. The number of primary amides is 1. The smallest absolute Gasteiger partial charge is 0.326 e. The standard InChI is InChI=1S/C10H17N3O6S/c1-20(18,19)13-4-2-3-7(13)9(15)12-6(10(16)17)5-8(11)14/h6-7H,2-5H2,1H3,(H2,11,14)(H,12,15)(H,16,17)/t6-,7?/m0/s1. The van der Waals surface area contributed by atoms with E-state index in [4.69, 9.17) is 10.8 Å². The van der Waals surface area contributed by atoms with Crippen molar-refractivity contribution in [3.8, 4) is 0 Å². The third-order valence-corrected chi connectivity index (χ3v) is 4.24. The molecule has 1 aliphatic rings. The summed E-state index contributed by atoms with van der Waals surface area (Å²) < 4.78 is 24.0. The van der Waals surface area contributed by atoms with Crippen molar-refractivity contribution in [1.29, 1.82) is 0 Å². The molecule has 20 heavy (non-hydrogen) atoms. The predicted molar refractivity (Wildman–Crippen MR) is 67.9 cm³/mol. The van der Waals surface area contributed by atoms with Crippen LogP contribution < -0.4 is 11.1 Å². The van der Waals surface area contributed by atoms with E-state index in [9.17, 15) is 22.8 Å². The van der Waals surface area contributed by atoms with Crippen LogP contribution in [0.1, 0.15) is 19.3 Å². The summed E-state index contributed by atoms with van der Waals surface area (Å²) in [6.45, 7) is 0.213. The highest BCUT2D eigenvalue weighted by atomic mass is 32.2. The molecule has 0 aromatic carbocycles. The molecule has 0 spiro atoms. The van der Waals surface area contributed by atoms with Crippen molar-refractivity contribution in [2.24, 2.45) is 5.73 Å². The Morgan fingerprint density at radius 3 is 2.50 bits per heavy atom. The fourth-order valence-electron chi connectivity index (χ4n) is 2.07. The molecule has 1 heterocycles. The second-order valence-corrected chi connectivity index (χ2v) is 6.54. The molecule has 0 bridgehead atoms. The zero-order valence-electron chi connectivity index (χ0n) is 10.9. The summed E-state index contributed by atoms with van der Waals surface area (Å²) in [7, 11) is -3.54. The minimum absolute atomic E-state index is 0.213. The Kier molecular flexibility index (Phi) is 5.06. The van der Waals surface area contributed by atoms with Gasteiger partial charge in [0, 0.05) is 6.54 Å². The Labute approximate surface area is 116 Å². The summed E-state index contributed by atoms with van der Waals surface area (Å²) in [5, 5.41) is 11.0. The second kappa shape index (κ2) is 6.18. The number of rotatable bonds is 6. The molecular weight excluding hydrogens is 290 g/mol. The lowest BCUT2D eigenvalue weighted by Gasteiger charge is -2.23. The van der Waals surface area contributed by atoms with Crippen molar-refractivity contribution in [2.45, 2.75) is 31.3 Å². The fourth-order valence-corrected chi connectivity index (χ4v) is 3.19. The van der Waals surface area contributed by atoms with Gasteiger partial charge in [-0.3, -0.25) is 9.59 Å². The number of carbonyl (C=O) groups is 3. The minimum atomic E-state index is -3.54. The monoisotopic (exact) mass is 307 g/mol. The molecule has 1 fully saturated rings. The number of nitrogens with zero attached hydrogens (tertiary/aromatic N) is 1. The van der Waals surface area contributed by atoms with Crippen LogP contribution >= 0.6 is 0 Å². The van der Waals surface area contributed by atoms with E-state index in [-0.39, 0.29) is 6.54 Å². The summed E-state index contributed by atoms with van der Waals surface area (Å²) in [6, 6.07) is -2.40. The van der Waals surface area contributed by atoms with Gasteiger partial charge in [-0.15, -0.1) is 0 Å². The summed E-state index contributed by atoms with van der Waals surface area (Å²) in [5.41, 5.74) is 4.90. The van der Waals surface area contributed by atoms with Crippen LogP contribution in [0.3, 0.4) is 0 Å². The van der Waals surface area contributed by atoms with Crippen molar-refractivity contribution in [3.63, 3.8) is 0 Å². The lowest BCUT2D eigenvalue weighted by molar-refractivity contribution is -0.143. The van der Waals surface area contributed by atoms with E-state index in [0.29, 0.717) is 12.8 Å². The summed E-state index contributed by atoms with van der Waals surface area (Å²) in [6.07, 6.45) is 1.25. The molecule has 1 rings (SSSR count). The lowest BCUT2D eigenvalue weighted by Crippen LogP contribution is -2.51. The molecule has 114 valence electrons. The Balaban J connectivity index is 2.78. The maximum absolute atomic E-state index is 12.0. The summed E-state index contributed by atoms with van der Waals surface area (Å²) in [5.74, 6) is -3.01. The molecule has 0 aliphatic carbocycles. The molecule has 0 aromatic rings. The van der Waals surface area contributed by atoms with E-state index < -0.39 is 46.3 Å². The van der Waals surface area contributed by atoms with Crippen LogP contribution in [0.5, 0.6) is 0 Å². The summed E-state index contributed by atoms with van der Waals surface area (Å²) in [4.78, 5) is 33.6. The Bertz CT molecular complexity index is 517. The van der Waals surface area contributed by atoms with Gasteiger partial charge in [-0.1, -0.05) is 0 Å². The number of hydrogen-bond donors (Lipinski definition) is 3. The molecule has 0 radical (unpaired) electrons. The Morgan fingerprint density at radius 1 is 1.45 bits per heavy atom. The first kappa shape index (κ1) is 16.4. The van der Waals surface area contributed by atoms with Crippen LogP contribution in [-0.4, -0.2) is 60.5 Å². The molecule has 1 aliphatic heterocycles. The fraction of sp³-hybridized carbons (Fsp3) is 0.700. The second-order valence-electron chi connectivity index (χ2n) is 4.60. The molecule has 9 nitrogen and oxygen atoms in total. The molecule has 2 atom stereocenters. The molecule has 0 aromatic heterocycles. The van der Waals surface area contributed by atoms with E-state index in [2.05, 4.69) is 5.32 Å². The van der Waals surface area contributed by atoms with Crippen LogP contribution in [0.25, 0.3) is 0 Å². The average Bonchev–Trinajstić information content (AvgIpc) is 2.75. The topological polar surface area (TPSA) is 147 Å². The molecule has 10 heteroatoms. The van der Waals surface area contributed by atoms with Gasteiger partial charge in [0.15, 0.2) is 0 Å². The van der Waals surface area contributed by atoms with Gasteiger partial charge in [0.1, 0.15) is 12.1 Å². The highest BCUT2D eigenvalue weighted by Crippen LogP contribution is 2.20. The molecular formula is C10H17N3O6S. The normalized spacial score (nSPS) is 21.4. The molecule has 4 N–H and O–H groups in total. The maximum atomic E-state index is 12.0. The van der Waals surface area contributed by atoms with E-state index in [1.807, 2.05) is 0 Å². The first-order chi connectivity index (χ1) is 9.12. The van der Waals surface area contributed by atoms with Gasteiger partial charge in [-0.2, -0.15) is 4.31 Å². The number of carbonyl (C=O) groups excluding carboxylic acids is 2. The first-order valence-corrected chi connectivity index (χ1v) is 7.76. The highest BCUT2D eigenvalue weighted by Gasteiger charge is 2.37. The first-order valence-electron chi connectivity index (χ1n) is 5.91. The van der Waals surface area contributed by atoms with Gasteiger partial charge in [-0.05, 0) is 12.8 Å². The SMILES string of the molecule is CS(=O)(=O)N1CCCC1C(=O)N[C@@H](CC(N)=O)C(=O)O. The minimum Gasteiger partial charge on any atom is -0.480 e. The van der Waals surface area contributed by atoms with Crippen molar-refractivity contribution >= 4 is 27.8 Å². The van der Waals surface area contributed by atoms with Crippen LogP contribution in [0, 0.1) is 0 Å². The number of amides is 2. The van der Waals surface area contributed by atoms with Crippen molar-refractivity contribution in [2.75, 3.05) is 12.8 Å². The van der Waals surface area contributed by atoms with Gasteiger partial charge >= 0.3 is 5.97 Å². The van der Waals surface area contributed by atoms with Crippen LogP contribution in [0.4, 0.5) is 0 Å². The molecule has 0 saturated carbocycles. The highest BCUT2D eigenvalue weighted by molar-refractivity contribution is 7.88. The Hall–Kier alpha value is -1.68. The number of aliphatic carboxylic acids is 1. The van der Waals surface area contributed by atoms with Crippen molar-refractivity contribution in [1.82, 2.24) is 9.62 Å². The largest absolute Gasteiger partial charge is 0.480 e. The summed E-state index contributed by atoms with van der Waals surface area (Å²) >= 11 is 0. The van der Waals surface area contributed by atoms with Gasteiger partial charge in [0.2, 0.25) is 21.8 Å². The number of nitrogens with two attached hydrogens (primary N) is 1. The van der Waals surface area contributed by atoms with Crippen molar-refractivity contribution < 1.29 is 27.9 Å². The number of sulfonamides is 1. The van der Waals surface area contributed by atoms with Gasteiger partial charge in [0.05, 0.1) is 12.7 Å². The zero-order chi connectivity index (χ0) is 15.5. The van der Waals surface area contributed by atoms with E-state index in [0.717, 1.165) is 10.6 Å². The van der Waals surface area contributed by atoms with E-state index >= 15 is 0 Å².